The zero-order chi connectivity index (χ0) is 9.90. The van der Waals surface area contributed by atoms with Gasteiger partial charge in [0.15, 0.2) is 0 Å². The third-order valence-corrected chi connectivity index (χ3v) is 1.86. The average molecular weight is 207 g/mol. The molecule has 7 nitrogen and oxygen atoms in total. The highest BCUT2D eigenvalue weighted by Crippen LogP contribution is 2.37. The fraction of sp³-hybridized carbons (Fsp3) is 0.600. The van der Waals surface area contributed by atoms with Crippen LogP contribution in [0.5, 0.6) is 0 Å². The van der Waals surface area contributed by atoms with Gasteiger partial charge >= 0.3 is 7.82 Å². The number of aromatic nitrogens is 3. The Bertz CT molecular complexity index is 295. The first-order chi connectivity index (χ1) is 5.97. The molecule has 1 rings (SSSR count). The van der Waals surface area contributed by atoms with Gasteiger partial charge in [-0.3, -0.25) is 9.21 Å². The molecule has 0 fully saturated rings. The van der Waals surface area contributed by atoms with Crippen LogP contribution in [0.4, 0.5) is 0 Å². The molecule has 0 saturated carbocycles. The lowest BCUT2D eigenvalue weighted by molar-refractivity contribution is 0.129. The summed E-state index contributed by atoms with van der Waals surface area (Å²) in [5.74, 6) is 0. The Labute approximate surface area is 74.6 Å². The van der Waals surface area contributed by atoms with Crippen molar-refractivity contribution in [2.75, 3.05) is 0 Å². The van der Waals surface area contributed by atoms with Gasteiger partial charge in [0.1, 0.15) is 12.7 Å². The number of phosphoric ester groups is 1. The Kier molecular flexibility index (Phi) is 3.16. The van der Waals surface area contributed by atoms with Gasteiger partial charge in [0.25, 0.3) is 0 Å². The van der Waals surface area contributed by atoms with Crippen molar-refractivity contribution in [3.63, 3.8) is 0 Å². The van der Waals surface area contributed by atoms with Gasteiger partial charge in [-0.05, 0) is 6.92 Å². The number of hydrogen-bond acceptors (Lipinski definition) is 4. The standard InChI is InChI=1S/C5H10N3O4P/c1-5(12-13(9,10)11)2-8-4-6-3-7-8/h3-5H,2H2,1H3,(H2,9,10,11). The van der Waals surface area contributed by atoms with E-state index in [1.54, 1.807) is 6.92 Å². The predicted octanol–water partition coefficient (Wildman–Crippen LogP) is -0.224. The maximum Gasteiger partial charge on any atom is 0.469 e. The molecular formula is C5H10N3O4P. The summed E-state index contributed by atoms with van der Waals surface area (Å²) in [7, 11) is -4.40. The summed E-state index contributed by atoms with van der Waals surface area (Å²) in [6, 6.07) is 0. The zero-order valence-corrected chi connectivity index (χ0v) is 7.83. The van der Waals surface area contributed by atoms with Gasteiger partial charge in [0.2, 0.25) is 0 Å². The maximum atomic E-state index is 10.4. The number of rotatable bonds is 4. The van der Waals surface area contributed by atoms with E-state index in [0.717, 1.165) is 0 Å². The van der Waals surface area contributed by atoms with Crippen molar-refractivity contribution in [3.05, 3.63) is 12.7 Å². The van der Waals surface area contributed by atoms with E-state index in [2.05, 4.69) is 14.6 Å². The van der Waals surface area contributed by atoms with Crippen molar-refractivity contribution in [3.8, 4) is 0 Å². The smallest absolute Gasteiger partial charge is 0.303 e. The summed E-state index contributed by atoms with van der Waals surface area (Å²) in [5.41, 5.74) is 0. The van der Waals surface area contributed by atoms with Gasteiger partial charge in [0.05, 0.1) is 12.6 Å². The lowest BCUT2D eigenvalue weighted by Gasteiger charge is -2.12. The first-order valence-electron chi connectivity index (χ1n) is 3.54. The van der Waals surface area contributed by atoms with Gasteiger partial charge in [-0.15, -0.1) is 0 Å². The second kappa shape index (κ2) is 3.97. The Morgan fingerprint density at radius 3 is 2.85 bits per heavy atom. The van der Waals surface area contributed by atoms with Crippen LogP contribution in [0.15, 0.2) is 12.7 Å². The molecule has 0 radical (unpaired) electrons. The van der Waals surface area contributed by atoms with Crippen LogP contribution in [-0.4, -0.2) is 30.7 Å². The third-order valence-electron chi connectivity index (χ3n) is 1.23. The molecule has 2 N–H and O–H groups in total. The first-order valence-corrected chi connectivity index (χ1v) is 5.07. The monoisotopic (exact) mass is 207 g/mol. The molecule has 0 aliphatic heterocycles. The summed E-state index contributed by atoms with van der Waals surface area (Å²) in [4.78, 5) is 20.6. The van der Waals surface area contributed by atoms with E-state index in [1.165, 1.54) is 17.3 Å². The summed E-state index contributed by atoms with van der Waals surface area (Å²) in [5, 5.41) is 3.76. The molecule has 1 aromatic rings. The van der Waals surface area contributed by atoms with Crippen LogP contribution in [-0.2, 0) is 15.6 Å². The van der Waals surface area contributed by atoms with Gasteiger partial charge < -0.3 is 9.79 Å². The van der Waals surface area contributed by atoms with E-state index < -0.39 is 13.9 Å². The Morgan fingerprint density at radius 1 is 1.69 bits per heavy atom. The quantitative estimate of drug-likeness (QED) is 0.662. The van der Waals surface area contributed by atoms with E-state index in [9.17, 15) is 4.57 Å². The van der Waals surface area contributed by atoms with Gasteiger partial charge in [-0.25, -0.2) is 9.55 Å². The Balaban J connectivity index is 2.43. The minimum Gasteiger partial charge on any atom is -0.303 e. The van der Waals surface area contributed by atoms with E-state index >= 15 is 0 Å². The van der Waals surface area contributed by atoms with Crippen LogP contribution in [0.3, 0.4) is 0 Å². The summed E-state index contributed by atoms with van der Waals surface area (Å²) in [6.07, 6.45) is 2.17. The molecule has 8 heteroatoms. The fourth-order valence-electron chi connectivity index (χ4n) is 0.858. The third kappa shape index (κ3) is 4.14. The zero-order valence-electron chi connectivity index (χ0n) is 6.94. The molecule has 1 unspecified atom stereocenters. The van der Waals surface area contributed by atoms with E-state index in [1.807, 2.05) is 0 Å². The van der Waals surface area contributed by atoms with Crippen molar-refractivity contribution in [1.29, 1.82) is 0 Å². The SMILES string of the molecule is CC(Cn1cncn1)OP(=O)(O)O. The van der Waals surface area contributed by atoms with Crippen LogP contribution in [0.25, 0.3) is 0 Å². The molecule has 1 aromatic heterocycles. The van der Waals surface area contributed by atoms with Crippen molar-refractivity contribution in [1.82, 2.24) is 14.8 Å². The second-order valence-corrected chi connectivity index (χ2v) is 3.72. The molecular weight excluding hydrogens is 197 g/mol. The van der Waals surface area contributed by atoms with Crippen LogP contribution in [0.1, 0.15) is 6.92 Å². The van der Waals surface area contributed by atoms with Gasteiger partial charge in [-0.2, -0.15) is 5.10 Å². The van der Waals surface area contributed by atoms with E-state index in [4.69, 9.17) is 9.79 Å². The number of nitrogens with zero attached hydrogens (tertiary/aromatic N) is 3. The molecule has 0 aromatic carbocycles. The highest BCUT2D eigenvalue weighted by molar-refractivity contribution is 7.46. The van der Waals surface area contributed by atoms with Crippen LogP contribution < -0.4 is 0 Å². The summed E-state index contributed by atoms with van der Waals surface area (Å²) < 4.78 is 16.2. The minimum absolute atomic E-state index is 0.255. The van der Waals surface area contributed by atoms with Crippen molar-refractivity contribution in [2.24, 2.45) is 0 Å². The fourth-order valence-corrected chi connectivity index (χ4v) is 1.39. The van der Waals surface area contributed by atoms with E-state index in [-0.39, 0.29) is 6.54 Å². The topological polar surface area (TPSA) is 97.5 Å². The second-order valence-electron chi connectivity index (χ2n) is 2.52. The lowest BCUT2D eigenvalue weighted by atomic mass is 10.4. The highest BCUT2D eigenvalue weighted by Gasteiger charge is 2.18. The largest absolute Gasteiger partial charge is 0.469 e. The van der Waals surface area contributed by atoms with Crippen LogP contribution in [0, 0.1) is 0 Å². The van der Waals surface area contributed by atoms with Crippen LogP contribution in [0.2, 0.25) is 0 Å². The van der Waals surface area contributed by atoms with Gasteiger partial charge in [-0.1, -0.05) is 0 Å². The van der Waals surface area contributed by atoms with E-state index in [0.29, 0.717) is 0 Å². The van der Waals surface area contributed by atoms with Crippen molar-refractivity contribution >= 4 is 7.82 Å². The number of hydrogen-bond donors (Lipinski definition) is 2. The van der Waals surface area contributed by atoms with Crippen molar-refractivity contribution in [2.45, 2.75) is 19.6 Å². The minimum atomic E-state index is -4.40. The Morgan fingerprint density at radius 2 is 2.38 bits per heavy atom. The Hall–Kier alpha value is -0.750. The summed E-state index contributed by atoms with van der Waals surface area (Å²) >= 11 is 0. The predicted molar refractivity (Wildman–Crippen MR) is 42.6 cm³/mol. The molecule has 74 valence electrons. The highest BCUT2D eigenvalue weighted by atomic mass is 31.2. The molecule has 0 aliphatic rings. The average Bonchev–Trinajstić information content (AvgIpc) is 2.34. The molecule has 0 bridgehead atoms. The molecule has 1 heterocycles. The molecule has 1 atom stereocenters. The van der Waals surface area contributed by atoms with Crippen molar-refractivity contribution < 1.29 is 18.9 Å². The molecule has 0 spiro atoms. The molecule has 0 saturated heterocycles. The van der Waals surface area contributed by atoms with Gasteiger partial charge in [0, 0.05) is 0 Å². The normalized spacial score (nSPS) is 14.4. The first kappa shape index (κ1) is 10.3. The summed E-state index contributed by atoms with van der Waals surface area (Å²) in [6.45, 7) is 1.80. The lowest BCUT2D eigenvalue weighted by Crippen LogP contribution is -2.15. The molecule has 0 amide bonds. The number of phosphoric acid groups is 1. The maximum absolute atomic E-state index is 10.4. The van der Waals surface area contributed by atoms with Crippen LogP contribution >= 0.6 is 7.82 Å². The molecule has 0 aliphatic carbocycles. The molecule has 13 heavy (non-hydrogen) atoms.